The standard InChI is InChI=1S/C34H52O4Si/c1-3-5-7-9-11-13-15-23-29-33(35)37-39(31-25-19-17-20-26-31,32-27-21-18-22-28-32)38-34(36)30-24-16-14-12-10-8-6-4-2/h17-22,25-28H,3-16,23-24,29-30H2,1-2H3. The minimum Gasteiger partial charge on any atom is -0.478 e. The number of hydrogen-bond donors (Lipinski definition) is 0. The maximum absolute atomic E-state index is 13.2. The number of carbonyl (C=O) groups excluding carboxylic acids is 2. The highest BCUT2D eigenvalue weighted by Gasteiger charge is 2.49. The molecule has 0 fully saturated rings. The third kappa shape index (κ3) is 13.0. The van der Waals surface area contributed by atoms with Gasteiger partial charge in [-0.25, -0.2) is 0 Å². The lowest BCUT2D eigenvalue weighted by Crippen LogP contribution is -2.65. The molecule has 0 radical (unpaired) electrons. The van der Waals surface area contributed by atoms with Gasteiger partial charge in [0.25, 0.3) is 11.9 Å². The van der Waals surface area contributed by atoms with E-state index in [0.717, 1.165) is 48.9 Å². The van der Waals surface area contributed by atoms with E-state index in [0.29, 0.717) is 12.8 Å². The number of carbonyl (C=O) groups is 2. The zero-order chi connectivity index (χ0) is 28.0. The molecule has 5 heteroatoms. The quantitative estimate of drug-likeness (QED) is 0.109. The Bertz CT molecular complexity index is 824. The van der Waals surface area contributed by atoms with Crippen molar-refractivity contribution in [3.8, 4) is 0 Å². The molecule has 0 unspecified atom stereocenters. The van der Waals surface area contributed by atoms with Crippen molar-refractivity contribution >= 4 is 30.9 Å². The molecule has 0 aliphatic carbocycles. The van der Waals surface area contributed by atoms with Gasteiger partial charge in [-0.1, -0.05) is 164 Å². The molecule has 0 N–H and O–H groups in total. The van der Waals surface area contributed by atoms with Crippen LogP contribution in [0.2, 0.25) is 0 Å². The Morgan fingerprint density at radius 3 is 1.13 bits per heavy atom. The van der Waals surface area contributed by atoms with E-state index in [1.165, 1.54) is 64.2 Å². The van der Waals surface area contributed by atoms with E-state index in [-0.39, 0.29) is 11.9 Å². The first-order valence-electron chi connectivity index (χ1n) is 15.7. The third-order valence-electron chi connectivity index (χ3n) is 7.29. The van der Waals surface area contributed by atoms with Crippen molar-refractivity contribution in [3.63, 3.8) is 0 Å². The summed E-state index contributed by atoms with van der Waals surface area (Å²) in [7, 11) is -3.55. The number of rotatable bonds is 22. The fourth-order valence-electron chi connectivity index (χ4n) is 4.97. The second-order valence-electron chi connectivity index (χ2n) is 10.7. The molecule has 0 atom stereocenters. The summed E-state index contributed by atoms with van der Waals surface area (Å²) < 4.78 is 12.6. The molecule has 39 heavy (non-hydrogen) atoms. The van der Waals surface area contributed by atoms with Crippen LogP contribution in [0.4, 0.5) is 0 Å². The first-order valence-corrected chi connectivity index (χ1v) is 17.5. The van der Waals surface area contributed by atoms with Crippen LogP contribution in [0.1, 0.15) is 129 Å². The van der Waals surface area contributed by atoms with Crippen molar-refractivity contribution in [1.82, 2.24) is 0 Å². The molecule has 0 saturated carbocycles. The molecule has 0 saturated heterocycles. The Kier molecular flexibility index (Phi) is 17.2. The number of unbranched alkanes of at least 4 members (excludes halogenated alkanes) is 14. The summed E-state index contributed by atoms with van der Waals surface area (Å²) in [5.41, 5.74) is 0. The van der Waals surface area contributed by atoms with Crippen LogP contribution in [0.3, 0.4) is 0 Å². The Morgan fingerprint density at radius 2 is 0.795 bits per heavy atom. The van der Waals surface area contributed by atoms with Gasteiger partial charge in [0.05, 0.1) is 0 Å². The van der Waals surface area contributed by atoms with Crippen LogP contribution < -0.4 is 10.4 Å². The average Bonchev–Trinajstić information content (AvgIpc) is 2.96. The van der Waals surface area contributed by atoms with Crippen LogP contribution in [0.25, 0.3) is 0 Å². The van der Waals surface area contributed by atoms with Gasteiger partial charge in [0.2, 0.25) is 0 Å². The minimum atomic E-state index is -3.55. The fraction of sp³-hybridized carbons (Fsp3) is 0.588. The summed E-state index contributed by atoms with van der Waals surface area (Å²) in [6, 6.07) is 19.2. The van der Waals surface area contributed by atoms with E-state index < -0.39 is 8.56 Å². The van der Waals surface area contributed by atoms with Crippen LogP contribution in [0, 0.1) is 0 Å². The summed E-state index contributed by atoms with van der Waals surface area (Å²) in [4.78, 5) is 26.4. The highest BCUT2D eigenvalue weighted by molar-refractivity contribution is 6.94. The van der Waals surface area contributed by atoms with Gasteiger partial charge >= 0.3 is 8.56 Å². The van der Waals surface area contributed by atoms with Crippen molar-refractivity contribution in [2.24, 2.45) is 0 Å². The predicted molar refractivity (Wildman–Crippen MR) is 165 cm³/mol. The molecule has 0 spiro atoms. The Morgan fingerprint density at radius 1 is 0.487 bits per heavy atom. The normalized spacial score (nSPS) is 11.3. The van der Waals surface area contributed by atoms with Gasteiger partial charge in [-0.15, -0.1) is 0 Å². The largest absolute Gasteiger partial charge is 0.534 e. The Labute approximate surface area is 239 Å². The molecule has 2 aromatic carbocycles. The van der Waals surface area contributed by atoms with Gasteiger partial charge in [0.15, 0.2) is 0 Å². The van der Waals surface area contributed by atoms with Gasteiger partial charge in [0.1, 0.15) is 0 Å². The van der Waals surface area contributed by atoms with Crippen molar-refractivity contribution in [1.29, 1.82) is 0 Å². The first kappa shape index (κ1) is 32.8. The van der Waals surface area contributed by atoms with E-state index in [1.807, 2.05) is 60.7 Å². The molecular formula is C34H52O4Si. The second kappa shape index (κ2) is 20.5. The minimum absolute atomic E-state index is 0.278. The smallest absolute Gasteiger partial charge is 0.478 e. The number of hydrogen-bond acceptors (Lipinski definition) is 4. The van der Waals surface area contributed by atoms with E-state index in [4.69, 9.17) is 8.85 Å². The van der Waals surface area contributed by atoms with Crippen LogP contribution in [0.15, 0.2) is 60.7 Å². The molecule has 4 nitrogen and oxygen atoms in total. The van der Waals surface area contributed by atoms with Crippen molar-refractivity contribution in [2.45, 2.75) is 129 Å². The van der Waals surface area contributed by atoms with E-state index in [9.17, 15) is 9.59 Å². The van der Waals surface area contributed by atoms with Crippen LogP contribution >= 0.6 is 0 Å². The maximum atomic E-state index is 13.2. The zero-order valence-electron chi connectivity index (χ0n) is 24.6. The Balaban J connectivity index is 2.02. The summed E-state index contributed by atoms with van der Waals surface area (Å²) in [5, 5.41) is 1.56. The Hall–Kier alpha value is -2.40. The maximum Gasteiger partial charge on any atom is 0.534 e. The highest BCUT2D eigenvalue weighted by Crippen LogP contribution is 2.17. The number of benzene rings is 2. The van der Waals surface area contributed by atoms with Crippen LogP contribution in [0.5, 0.6) is 0 Å². The van der Waals surface area contributed by atoms with E-state index in [2.05, 4.69) is 13.8 Å². The lowest BCUT2D eigenvalue weighted by molar-refractivity contribution is -0.140. The topological polar surface area (TPSA) is 52.6 Å². The lowest BCUT2D eigenvalue weighted by Gasteiger charge is -2.30. The van der Waals surface area contributed by atoms with Gasteiger partial charge in [-0.05, 0) is 12.8 Å². The molecule has 0 amide bonds. The predicted octanol–water partition coefficient (Wildman–Crippen LogP) is 8.39. The van der Waals surface area contributed by atoms with Crippen molar-refractivity contribution in [3.05, 3.63) is 60.7 Å². The van der Waals surface area contributed by atoms with E-state index >= 15 is 0 Å². The first-order chi connectivity index (χ1) is 19.1. The molecule has 2 aromatic rings. The fourth-order valence-corrected chi connectivity index (χ4v) is 7.92. The van der Waals surface area contributed by atoms with E-state index in [1.54, 1.807) is 0 Å². The molecule has 0 bridgehead atoms. The van der Waals surface area contributed by atoms with Gasteiger partial charge in [0, 0.05) is 23.2 Å². The lowest BCUT2D eigenvalue weighted by atomic mass is 10.1. The van der Waals surface area contributed by atoms with Gasteiger partial charge in [-0.2, -0.15) is 0 Å². The molecule has 0 aliphatic rings. The highest BCUT2D eigenvalue weighted by atomic mass is 28.4. The summed E-state index contributed by atoms with van der Waals surface area (Å²) >= 11 is 0. The van der Waals surface area contributed by atoms with Gasteiger partial charge < -0.3 is 8.85 Å². The molecule has 2 rings (SSSR count). The summed E-state index contributed by atoms with van der Waals surface area (Å²) in [5.74, 6) is -0.555. The molecular weight excluding hydrogens is 500 g/mol. The monoisotopic (exact) mass is 552 g/mol. The van der Waals surface area contributed by atoms with Crippen molar-refractivity contribution < 1.29 is 18.4 Å². The average molecular weight is 553 g/mol. The second-order valence-corrected chi connectivity index (χ2v) is 13.5. The van der Waals surface area contributed by atoms with Crippen molar-refractivity contribution in [2.75, 3.05) is 0 Å². The van der Waals surface area contributed by atoms with Crippen LogP contribution in [-0.2, 0) is 18.4 Å². The molecule has 0 heterocycles. The molecule has 0 aromatic heterocycles. The zero-order valence-corrected chi connectivity index (χ0v) is 25.6. The van der Waals surface area contributed by atoms with Gasteiger partial charge in [-0.3, -0.25) is 9.59 Å². The third-order valence-corrected chi connectivity index (χ3v) is 10.5. The van der Waals surface area contributed by atoms with Crippen LogP contribution in [-0.4, -0.2) is 20.5 Å². The molecule has 216 valence electrons. The summed E-state index contributed by atoms with van der Waals surface area (Å²) in [6.45, 7) is 4.46. The SMILES string of the molecule is CCCCCCCCCCC(=O)O[Si](OC(=O)CCCCCCCCCC)(c1ccccc1)c1ccccc1. The molecule has 0 aliphatic heterocycles. The summed E-state index contributed by atoms with van der Waals surface area (Å²) in [6.07, 6.45) is 19.3.